The first-order chi connectivity index (χ1) is 7.04. The van der Waals surface area contributed by atoms with Crippen LogP contribution in [-0.2, 0) is 9.53 Å². The highest BCUT2D eigenvalue weighted by Crippen LogP contribution is 2.31. The van der Waals surface area contributed by atoms with Gasteiger partial charge in [0.25, 0.3) is 0 Å². The average Bonchev–Trinajstić information content (AvgIpc) is 2.59. The molecule has 0 aromatic carbocycles. The maximum Gasteiger partial charge on any atom is 0.410 e. The van der Waals surface area contributed by atoms with Crippen LogP contribution in [0.1, 0.15) is 12.8 Å². The van der Waals surface area contributed by atoms with Gasteiger partial charge in [0.05, 0.1) is 6.61 Å². The molecule has 1 rings (SSSR count). The van der Waals surface area contributed by atoms with Gasteiger partial charge in [-0.2, -0.15) is 0 Å². The average molecular weight is 221 g/mol. The van der Waals surface area contributed by atoms with Crippen molar-refractivity contribution in [3.8, 4) is 0 Å². The Bertz CT molecular complexity index is 272. The minimum atomic E-state index is -1.90. The van der Waals surface area contributed by atoms with Crippen molar-refractivity contribution in [1.29, 1.82) is 0 Å². The van der Waals surface area contributed by atoms with E-state index in [1.165, 1.54) is 0 Å². The van der Waals surface area contributed by atoms with Crippen LogP contribution in [0.15, 0.2) is 0 Å². The Morgan fingerprint density at radius 2 is 2.13 bits per heavy atom. The summed E-state index contributed by atoms with van der Waals surface area (Å²) in [5, 5.41) is 17.7. The van der Waals surface area contributed by atoms with Crippen LogP contribution in [-0.4, -0.2) is 52.7 Å². The minimum absolute atomic E-state index is 0.0502. The third-order valence-electron chi connectivity index (χ3n) is 2.32. The molecule has 2 N–H and O–H groups in total. The van der Waals surface area contributed by atoms with Crippen LogP contribution in [0, 0.1) is 0 Å². The Morgan fingerprint density at radius 3 is 2.60 bits per heavy atom. The summed E-state index contributed by atoms with van der Waals surface area (Å²) in [4.78, 5) is 22.5. The molecule has 1 atom stereocenters. The molecule has 7 heteroatoms. The number of ether oxygens (including phenoxy) is 1. The van der Waals surface area contributed by atoms with Crippen LogP contribution < -0.4 is 0 Å². The summed E-state index contributed by atoms with van der Waals surface area (Å²) in [5.41, 5.74) is -1.90. The molecular weight excluding hydrogens is 209 g/mol. The maximum absolute atomic E-state index is 11.9. The SMILES string of the molecule is O=C(O)N1CCCC1(OCCF)C(=O)O. The topological polar surface area (TPSA) is 87.1 Å². The van der Waals surface area contributed by atoms with Crippen molar-refractivity contribution in [2.24, 2.45) is 0 Å². The lowest BCUT2D eigenvalue weighted by Gasteiger charge is -2.31. The largest absolute Gasteiger partial charge is 0.478 e. The van der Waals surface area contributed by atoms with Gasteiger partial charge < -0.3 is 14.9 Å². The van der Waals surface area contributed by atoms with Gasteiger partial charge in [-0.3, -0.25) is 4.90 Å². The molecule has 1 saturated heterocycles. The molecule has 1 heterocycles. The zero-order valence-corrected chi connectivity index (χ0v) is 7.98. The summed E-state index contributed by atoms with van der Waals surface area (Å²) in [6.07, 6.45) is -0.923. The molecular formula is C8H12FNO5. The van der Waals surface area contributed by atoms with Crippen LogP contribution in [0.3, 0.4) is 0 Å². The van der Waals surface area contributed by atoms with Gasteiger partial charge in [0, 0.05) is 13.0 Å². The molecule has 0 radical (unpaired) electrons. The van der Waals surface area contributed by atoms with Crippen molar-refractivity contribution >= 4 is 12.1 Å². The lowest BCUT2D eigenvalue weighted by molar-refractivity contribution is -0.185. The zero-order valence-electron chi connectivity index (χ0n) is 7.98. The van der Waals surface area contributed by atoms with E-state index in [1.54, 1.807) is 0 Å². The summed E-state index contributed by atoms with van der Waals surface area (Å²) in [5.74, 6) is -1.39. The quantitative estimate of drug-likeness (QED) is 0.722. The molecule has 15 heavy (non-hydrogen) atoms. The van der Waals surface area contributed by atoms with Gasteiger partial charge in [-0.15, -0.1) is 0 Å². The minimum Gasteiger partial charge on any atom is -0.478 e. The number of rotatable bonds is 4. The number of hydrogen-bond acceptors (Lipinski definition) is 3. The van der Waals surface area contributed by atoms with Gasteiger partial charge in [0.2, 0.25) is 5.72 Å². The maximum atomic E-state index is 11.9. The second-order valence-corrected chi connectivity index (χ2v) is 3.16. The Balaban J connectivity index is 2.88. The summed E-state index contributed by atoms with van der Waals surface area (Å²) in [6.45, 7) is -1.17. The molecule has 0 spiro atoms. The van der Waals surface area contributed by atoms with Crippen molar-refractivity contribution in [3.05, 3.63) is 0 Å². The Hall–Kier alpha value is -1.37. The number of nitrogens with zero attached hydrogens (tertiary/aromatic N) is 1. The first-order valence-electron chi connectivity index (χ1n) is 4.48. The molecule has 0 aromatic heterocycles. The molecule has 1 unspecified atom stereocenters. The smallest absolute Gasteiger partial charge is 0.410 e. The van der Waals surface area contributed by atoms with Crippen LogP contribution >= 0.6 is 0 Å². The second kappa shape index (κ2) is 4.43. The molecule has 0 aromatic rings. The highest BCUT2D eigenvalue weighted by Gasteiger charge is 2.51. The molecule has 86 valence electrons. The van der Waals surface area contributed by atoms with Crippen LogP contribution in [0.5, 0.6) is 0 Å². The molecule has 0 aliphatic carbocycles. The molecule has 6 nitrogen and oxygen atoms in total. The van der Waals surface area contributed by atoms with Gasteiger partial charge in [-0.05, 0) is 6.42 Å². The number of carboxylic acid groups (broad SMARTS) is 2. The fraction of sp³-hybridized carbons (Fsp3) is 0.750. The van der Waals surface area contributed by atoms with Crippen LogP contribution in [0.25, 0.3) is 0 Å². The Morgan fingerprint density at radius 1 is 1.47 bits per heavy atom. The summed E-state index contributed by atoms with van der Waals surface area (Å²) in [7, 11) is 0. The van der Waals surface area contributed by atoms with Gasteiger partial charge >= 0.3 is 12.1 Å². The predicted molar refractivity (Wildman–Crippen MR) is 46.3 cm³/mol. The number of aliphatic carboxylic acids is 1. The summed E-state index contributed by atoms with van der Waals surface area (Å²) < 4.78 is 16.8. The van der Waals surface area contributed by atoms with Crippen molar-refractivity contribution in [3.63, 3.8) is 0 Å². The number of halogens is 1. The molecule has 0 saturated carbocycles. The molecule has 1 fully saturated rings. The monoisotopic (exact) mass is 221 g/mol. The van der Waals surface area contributed by atoms with Gasteiger partial charge in [-0.1, -0.05) is 0 Å². The summed E-state index contributed by atoms with van der Waals surface area (Å²) in [6, 6.07) is 0. The summed E-state index contributed by atoms with van der Waals surface area (Å²) >= 11 is 0. The third kappa shape index (κ3) is 2.01. The van der Waals surface area contributed by atoms with E-state index in [0.29, 0.717) is 11.3 Å². The normalized spacial score (nSPS) is 25.5. The van der Waals surface area contributed by atoms with E-state index in [9.17, 15) is 14.0 Å². The first-order valence-corrected chi connectivity index (χ1v) is 4.48. The van der Waals surface area contributed by atoms with E-state index in [-0.39, 0.29) is 13.0 Å². The van der Waals surface area contributed by atoms with E-state index < -0.39 is 31.1 Å². The highest BCUT2D eigenvalue weighted by atomic mass is 19.1. The van der Waals surface area contributed by atoms with Gasteiger partial charge in [-0.25, -0.2) is 14.0 Å². The van der Waals surface area contributed by atoms with E-state index in [2.05, 4.69) is 0 Å². The van der Waals surface area contributed by atoms with E-state index >= 15 is 0 Å². The fourth-order valence-corrected chi connectivity index (χ4v) is 1.68. The van der Waals surface area contributed by atoms with Crippen molar-refractivity contribution in [2.75, 3.05) is 19.8 Å². The highest BCUT2D eigenvalue weighted by molar-refractivity contribution is 5.83. The fourth-order valence-electron chi connectivity index (χ4n) is 1.68. The van der Waals surface area contributed by atoms with Crippen molar-refractivity contribution in [1.82, 2.24) is 4.90 Å². The molecule has 1 amide bonds. The van der Waals surface area contributed by atoms with Gasteiger partial charge in [0.15, 0.2) is 0 Å². The lowest BCUT2D eigenvalue weighted by atomic mass is 10.1. The van der Waals surface area contributed by atoms with E-state index in [0.717, 1.165) is 0 Å². The van der Waals surface area contributed by atoms with Gasteiger partial charge in [0.1, 0.15) is 6.67 Å². The standard InChI is InChI=1S/C8H12FNO5/c9-3-5-15-8(6(11)12)2-1-4-10(8)7(13)14/h1-5H2,(H,11,12)(H,13,14). The number of carboxylic acids is 1. The van der Waals surface area contributed by atoms with E-state index in [1.807, 2.05) is 0 Å². The molecule has 0 bridgehead atoms. The Labute approximate surface area is 85.2 Å². The van der Waals surface area contributed by atoms with Crippen LogP contribution in [0.2, 0.25) is 0 Å². The third-order valence-corrected chi connectivity index (χ3v) is 2.32. The van der Waals surface area contributed by atoms with E-state index in [4.69, 9.17) is 14.9 Å². The first kappa shape index (κ1) is 11.7. The number of likely N-dealkylation sites (tertiary alicyclic amines) is 1. The molecule has 1 aliphatic heterocycles. The van der Waals surface area contributed by atoms with Crippen molar-refractivity contribution < 1.29 is 28.9 Å². The number of hydrogen-bond donors (Lipinski definition) is 2. The second-order valence-electron chi connectivity index (χ2n) is 3.16. The lowest BCUT2D eigenvalue weighted by Crippen LogP contribution is -2.55. The zero-order chi connectivity index (χ0) is 11.5. The number of amides is 1. The number of carbonyl (C=O) groups is 2. The molecule has 1 aliphatic rings. The number of alkyl halides is 1. The Kier molecular flexibility index (Phi) is 3.46. The van der Waals surface area contributed by atoms with Crippen molar-refractivity contribution in [2.45, 2.75) is 18.6 Å². The predicted octanol–water partition coefficient (Wildman–Crippen LogP) is 0.527. The van der Waals surface area contributed by atoms with Crippen LogP contribution in [0.4, 0.5) is 9.18 Å².